The predicted octanol–water partition coefficient (Wildman–Crippen LogP) is 4.03. The van der Waals surface area contributed by atoms with E-state index in [1.54, 1.807) is 6.92 Å². The number of nitrogens with one attached hydrogen (secondary N) is 3. The molecule has 166 valence electrons. The first-order valence-electron chi connectivity index (χ1n) is 10.2. The lowest BCUT2D eigenvalue weighted by atomic mass is 9.95. The molecule has 0 radical (unpaired) electrons. The minimum atomic E-state index is -0.963. The van der Waals surface area contributed by atoms with Gasteiger partial charge in [0.15, 0.2) is 0 Å². The molecule has 3 aromatic rings. The maximum absolute atomic E-state index is 12.5. The van der Waals surface area contributed by atoms with Crippen molar-refractivity contribution in [2.75, 3.05) is 11.9 Å². The Morgan fingerprint density at radius 3 is 2.78 bits per heavy atom. The molecule has 1 aromatic carbocycles. The van der Waals surface area contributed by atoms with Crippen LogP contribution in [0.15, 0.2) is 29.4 Å². The highest BCUT2D eigenvalue weighted by atomic mass is 35.5. The van der Waals surface area contributed by atoms with Crippen LogP contribution in [0.2, 0.25) is 5.02 Å². The number of ether oxygens (including phenoxy) is 1. The molecule has 1 aliphatic carbocycles. The van der Waals surface area contributed by atoms with Crippen molar-refractivity contribution in [1.29, 1.82) is 0 Å². The number of hydrogen-bond acceptors (Lipinski definition) is 6. The highest BCUT2D eigenvalue weighted by Gasteiger charge is 2.28. The van der Waals surface area contributed by atoms with Gasteiger partial charge in [0.25, 0.3) is 0 Å². The van der Waals surface area contributed by atoms with Gasteiger partial charge in [0.1, 0.15) is 5.00 Å². The molecule has 10 heteroatoms. The van der Waals surface area contributed by atoms with Crippen molar-refractivity contribution >= 4 is 62.8 Å². The number of nitrogens with zero attached hydrogens (tertiary/aromatic N) is 1. The normalized spacial score (nSPS) is 13.2. The molecule has 3 N–H and O–H groups in total. The lowest BCUT2D eigenvalue weighted by Crippen LogP contribution is -2.32. The van der Waals surface area contributed by atoms with Gasteiger partial charge in [-0.2, -0.15) is 5.10 Å². The van der Waals surface area contributed by atoms with Crippen molar-refractivity contribution in [2.24, 2.45) is 5.10 Å². The van der Waals surface area contributed by atoms with Gasteiger partial charge in [0.05, 0.1) is 29.1 Å². The smallest absolute Gasteiger partial charge is 0.341 e. The number of esters is 1. The van der Waals surface area contributed by atoms with E-state index >= 15 is 0 Å². The second-order valence-electron chi connectivity index (χ2n) is 7.19. The largest absolute Gasteiger partial charge is 0.462 e. The van der Waals surface area contributed by atoms with E-state index in [2.05, 4.69) is 20.8 Å². The Hall–Kier alpha value is -3.17. The molecule has 0 fully saturated rings. The molecule has 0 atom stereocenters. The Morgan fingerprint density at radius 1 is 1.22 bits per heavy atom. The summed E-state index contributed by atoms with van der Waals surface area (Å²) in [5.74, 6) is -2.38. The molecular formula is C22H21ClN4O4S. The van der Waals surface area contributed by atoms with Gasteiger partial charge in [-0.1, -0.05) is 29.8 Å². The lowest BCUT2D eigenvalue weighted by Gasteiger charge is -2.12. The third-order valence-electron chi connectivity index (χ3n) is 5.11. The van der Waals surface area contributed by atoms with E-state index in [1.165, 1.54) is 17.6 Å². The number of aromatic nitrogens is 1. The molecular weight excluding hydrogens is 452 g/mol. The summed E-state index contributed by atoms with van der Waals surface area (Å²) in [5.41, 5.74) is 4.77. The zero-order chi connectivity index (χ0) is 22.7. The Balaban J connectivity index is 1.46. The summed E-state index contributed by atoms with van der Waals surface area (Å²) < 4.78 is 5.16. The first-order chi connectivity index (χ1) is 15.5. The van der Waals surface area contributed by atoms with Gasteiger partial charge in [-0.25, -0.2) is 10.2 Å². The molecule has 0 bridgehead atoms. The standard InChI is InChI=1S/C22H21ClN4O4S/c1-2-31-22(30)17-13-8-4-6-10-16(13)32-21(17)26-19(28)20(29)27-24-11-15-18(23)12-7-3-5-9-14(12)25-15/h3,5,7,9,11,25H,2,4,6,8,10H2,1H3,(H,26,28)(H,27,29). The summed E-state index contributed by atoms with van der Waals surface area (Å²) in [6.45, 7) is 1.95. The number of hydrogen-bond donors (Lipinski definition) is 3. The van der Waals surface area contributed by atoms with Gasteiger partial charge in [-0.05, 0) is 44.2 Å². The van der Waals surface area contributed by atoms with Crippen LogP contribution in [0.1, 0.15) is 46.3 Å². The SMILES string of the molecule is CCOC(=O)c1c(NC(=O)C(=O)NN=Cc2[nH]c3ccccc3c2Cl)sc2c1CCCC2. The molecule has 0 aliphatic heterocycles. The fraction of sp³-hybridized carbons (Fsp3) is 0.273. The van der Waals surface area contributed by atoms with Gasteiger partial charge < -0.3 is 15.0 Å². The summed E-state index contributed by atoms with van der Waals surface area (Å²) in [6.07, 6.45) is 4.91. The number of halogens is 1. The van der Waals surface area contributed by atoms with Crippen molar-refractivity contribution in [3.63, 3.8) is 0 Å². The predicted molar refractivity (Wildman–Crippen MR) is 125 cm³/mol. The van der Waals surface area contributed by atoms with Crippen molar-refractivity contribution in [3.05, 3.63) is 51.0 Å². The van der Waals surface area contributed by atoms with Crippen LogP contribution >= 0.6 is 22.9 Å². The van der Waals surface area contributed by atoms with Crippen LogP contribution in [0.4, 0.5) is 5.00 Å². The van der Waals surface area contributed by atoms with Crippen LogP contribution < -0.4 is 10.7 Å². The summed E-state index contributed by atoms with van der Waals surface area (Å²) in [6, 6.07) is 7.46. The molecule has 0 spiro atoms. The second kappa shape index (κ2) is 9.54. The summed E-state index contributed by atoms with van der Waals surface area (Å²) in [4.78, 5) is 41.3. The summed E-state index contributed by atoms with van der Waals surface area (Å²) >= 11 is 7.62. The minimum absolute atomic E-state index is 0.225. The molecule has 2 amide bonds. The van der Waals surface area contributed by atoms with E-state index in [0.29, 0.717) is 21.3 Å². The number of carbonyl (C=O) groups excluding carboxylic acids is 3. The van der Waals surface area contributed by atoms with Crippen LogP contribution in [0.3, 0.4) is 0 Å². The van der Waals surface area contributed by atoms with Crippen LogP contribution in [-0.2, 0) is 27.2 Å². The molecule has 0 unspecified atom stereocenters. The molecule has 1 aliphatic rings. The molecule has 2 aromatic heterocycles. The number of hydrazone groups is 1. The van der Waals surface area contributed by atoms with E-state index in [0.717, 1.165) is 47.0 Å². The second-order valence-corrected chi connectivity index (χ2v) is 8.67. The highest BCUT2D eigenvalue weighted by Crippen LogP contribution is 2.38. The van der Waals surface area contributed by atoms with Crippen molar-refractivity contribution in [3.8, 4) is 0 Å². The number of thiophene rings is 1. The Morgan fingerprint density at radius 2 is 2.00 bits per heavy atom. The van der Waals surface area contributed by atoms with Gasteiger partial charge in [0.2, 0.25) is 0 Å². The van der Waals surface area contributed by atoms with Crippen LogP contribution in [0.25, 0.3) is 10.9 Å². The van der Waals surface area contributed by atoms with Crippen LogP contribution in [0, 0.1) is 0 Å². The lowest BCUT2D eigenvalue weighted by molar-refractivity contribution is -0.136. The zero-order valence-electron chi connectivity index (χ0n) is 17.3. The fourth-order valence-electron chi connectivity index (χ4n) is 3.66. The number of carbonyl (C=O) groups is 3. The monoisotopic (exact) mass is 472 g/mol. The average molecular weight is 473 g/mol. The Labute approximate surface area is 193 Å². The third-order valence-corrected chi connectivity index (χ3v) is 6.73. The number of anilines is 1. The third kappa shape index (κ3) is 4.39. The van der Waals surface area contributed by atoms with E-state index in [1.807, 2.05) is 24.3 Å². The first-order valence-corrected chi connectivity index (χ1v) is 11.4. The number of aromatic amines is 1. The molecule has 2 heterocycles. The van der Waals surface area contributed by atoms with Gasteiger partial charge in [-0.15, -0.1) is 11.3 Å². The number of para-hydroxylation sites is 1. The maximum atomic E-state index is 12.5. The number of rotatable bonds is 5. The van der Waals surface area contributed by atoms with E-state index in [4.69, 9.17) is 16.3 Å². The Bertz CT molecular complexity index is 1230. The topological polar surface area (TPSA) is 113 Å². The maximum Gasteiger partial charge on any atom is 0.341 e. The number of amides is 2. The van der Waals surface area contributed by atoms with Gasteiger partial charge >= 0.3 is 17.8 Å². The number of H-pyrrole nitrogens is 1. The quantitative estimate of drug-likeness (QED) is 0.225. The number of aryl methyl sites for hydroxylation is 1. The molecule has 0 saturated heterocycles. The summed E-state index contributed by atoms with van der Waals surface area (Å²) in [7, 11) is 0. The molecule has 8 nitrogen and oxygen atoms in total. The van der Waals surface area contributed by atoms with Crippen molar-refractivity contribution < 1.29 is 19.1 Å². The highest BCUT2D eigenvalue weighted by molar-refractivity contribution is 7.17. The molecule has 32 heavy (non-hydrogen) atoms. The average Bonchev–Trinajstić information content (AvgIpc) is 3.31. The van der Waals surface area contributed by atoms with Gasteiger partial charge in [0, 0.05) is 15.8 Å². The van der Waals surface area contributed by atoms with Crippen LogP contribution in [0.5, 0.6) is 0 Å². The zero-order valence-corrected chi connectivity index (χ0v) is 18.9. The molecule has 0 saturated carbocycles. The summed E-state index contributed by atoms with van der Waals surface area (Å²) in [5, 5.41) is 7.99. The van der Waals surface area contributed by atoms with Crippen molar-refractivity contribution in [2.45, 2.75) is 32.6 Å². The van der Waals surface area contributed by atoms with Crippen LogP contribution in [-0.4, -0.2) is 35.6 Å². The van der Waals surface area contributed by atoms with E-state index < -0.39 is 17.8 Å². The molecule has 4 rings (SSSR count). The first kappa shape index (κ1) is 22.0. The van der Waals surface area contributed by atoms with E-state index in [-0.39, 0.29) is 6.61 Å². The number of benzene rings is 1. The minimum Gasteiger partial charge on any atom is -0.462 e. The number of fused-ring (bicyclic) bond motifs is 2. The van der Waals surface area contributed by atoms with Gasteiger partial charge in [-0.3, -0.25) is 9.59 Å². The van der Waals surface area contributed by atoms with Crippen molar-refractivity contribution in [1.82, 2.24) is 10.4 Å². The Kier molecular flexibility index (Phi) is 6.57. The fourth-order valence-corrected chi connectivity index (χ4v) is 5.19. The van der Waals surface area contributed by atoms with E-state index in [9.17, 15) is 14.4 Å².